The SMILES string of the molecule is CCCNC(Cc1cc(Br)ccc1OC)c1snnc1C. The van der Waals surface area contributed by atoms with Crippen LogP contribution in [0.25, 0.3) is 0 Å². The van der Waals surface area contributed by atoms with E-state index >= 15 is 0 Å². The Morgan fingerprint density at radius 2 is 2.24 bits per heavy atom. The molecule has 0 aliphatic rings. The molecule has 21 heavy (non-hydrogen) atoms. The van der Waals surface area contributed by atoms with Crippen LogP contribution in [0, 0.1) is 6.92 Å². The molecule has 0 aliphatic carbocycles. The summed E-state index contributed by atoms with van der Waals surface area (Å²) in [4.78, 5) is 1.20. The number of aryl methyl sites for hydroxylation is 1. The van der Waals surface area contributed by atoms with E-state index in [2.05, 4.69) is 43.8 Å². The van der Waals surface area contributed by atoms with Gasteiger partial charge in [0.1, 0.15) is 5.75 Å². The Hall–Kier alpha value is -0.980. The zero-order chi connectivity index (χ0) is 15.2. The third-order valence-electron chi connectivity index (χ3n) is 3.31. The van der Waals surface area contributed by atoms with Crippen molar-refractivity contribution in [1.29, 1.82) is 0 Å². The first-order chi connectivity index (χ1) is 10.2. The van der Waals surface area contributed by atoms with E-state index in [1.807, 2.05) is 19.1 Å². The molecule has 0 saturated carbocycles. The Morgan fingerprint density at radius 3 is 2.86 bits per heavy atom. The van der Waals surface area contributed by atoms with Crippen molar-refractivity contribution in [2.24, 2.45) is 0 Å². The maximum atomic E-state index is 5.48. The minimum atomic E-state index is 0.216. The molecule has 0 bridgehead atoms. The van der Waals surface area contributed by atoms with Gasteiger partial charge in [0.05, 0.1) is 17.7 Å². The zero-order valence-corrected chi connectivity index (χ0v) is 14.9. The Kier molecular flexibility index (Phi) is 6.14. The van der Waals surface area contributed by atoms with Crippen molar-refractivity contribution >= 4 is 27.5 Å². The van der Waals surface area contributed by atoms with Gasteiger partial charge in [-0.3, -0.25) is 0 Å². The fourth-order valence-electron chi connectivity index (χ4n) is 2.26. The van der Waals surface area contributed by atoms with Crippen LogP contribution in [0.4, 0.5) is 0 Å². The van der Waals surface area contributed by atoms with Crippen LogP contribution >= 0.6 is 27.5 Å². The molecule has 1 atom stereocenters. The summed E-state index contributed by atoms with van der Waals surface area (Å²) < 4.78 is 10.6. The van der Waals surface area contributed by atoms with Gasteiger partial charge in [-0.25, -0.2) is 0 Å². The number of methoxy groups -OCH3 is 1. The van der Waals surface area contributed by atoms with Gasteiger partial charge >= 0.3 is 0 Å². The molecule has 114 valence electrons. The average molecular weight is 370 g/mol. The minimum absolute atomic E-state index is 0.216. The van der Waals surface area contributed by atoms with Crippen LogP contribution in [0.5, 0.6) is 5.75 Å². The van der Waals surface area contributed by atoms with E-state index in [0.29, 0.717) is 0 Å². The van der Waals surface area contributed by atoms with Gasteiger partial charge in [-0.15, -0.1) is 5.10 Å². The molecule has 0 saturated heterocycles. The number of benzene rings is 1. The molecular weight excluding hydrogens is 350 g/mol. The van der Waals surface area contributed by atoms with E-state index in [-0.39, 0.29) is 6.04 Å². The summed E-state index contributed by atoms with van der Waals surface area (Å²) in [6.45, 7) is 5.15. The molecule has 1 unspecified atom stereocenters. The van der Waals surface area contributed by atoms with Gasteiger partial charge < -0.3 is 10.1 Å². The summed E-state index contributed by atoms with van der Waals surface area (Å²) in [6, 6.07) is 6.32. The Balaban J connectivity index is 2.26. The van der Waals surface area contributed by atoms with Gasteiger partial charge in [0, 0.05) is 10.5 Å². The maximum absolute atomic E-state index is 5.48. The van der Waals surface area contributed by atoms with E-state index in [1.54, 1.807) is 7.11 Å². The molecule has 0 amide bonds. The van der Waals surface area contributed by atoms with Crippen molar-refractivity contribution in [3.05, 3.63) is 38.8 Å². The molecule has 0 spiro atoms. The highest BCUT2D eigenvalue weighted by atomic mass is 79.9. The first-order valence-corrected chi connectivity index (χ1v) is 8.57. The number of halogens is 1. The quantitative estimate of drug-likeness (QED) is 0.803. The third kappa shape index (κ3) is 4.25. The number of rotatable bonds is 7. The largest absolute Gasteiger partial charge is 0.496 e. The van der Waals surface area contributed by atoms with E-state index in [0.717, 1.165) is 35.3 Å². The van der Waals surface area contributed by atoms with Gasteiger partial charge in [0.25, 0.3) is 0 Å². The molecule has 1 N–H and O–H groups in total. The van der Waals surface area contributed by atoms with Crippen LogP contribution in [-0.2, 0) is 6.42 Å². The van der Waals surface area contributed by atoms with Gasteiger partial charge in [0.2, 0.25) is 0 Å². The molecule has 1 aromatic heterocycles. The van der Waals surface area contributed by atoms with Gasteiger partial charge in [-0.1, -0.05) is 27.3 Å². The number of ether oxygens (including phenoxy) is 1. The number of nitrogens with zero attached hydrogens (tertiary/aromatic N) is 2. The lowest BCUT2D eigenvalue weighted by Gasteiger charge is -2.19. The van der Waals surface area contributed by atoms with E-state index in [4.69, 9.17) is 4.74 Å². The topological polar surface area (TPSA) is 47.0 Å². The van der Waals surface area contributed by atoms with Crippen molar-refractivity contribution in [3.63, 3.8) is 0 Å². The Bertz CT molecular complexity index is 588. The van der Waals surface area contributed by atoms with Crippen LogP contribution in [0.1, 0.15) is 35.5 Å². The van der Waals surface area contributed by atoms with Crippen LogP contribution < -0.4 is 10.1 Å². The van der Waals surface area contributed by atoms with Gasteiger partial charge in [-0.2, -0.15) is 0 Å². The zero-order valence-electron chi connectivity index (χ0n) is 12.5. The highest BCUT2D eigenvalue weighted by Gasteiger charge is 2.19. The highest BCUT2D eigenvalue weighted by Crippen LogP contribution is 2.30. The van der Waals surface area contributed by atoms with Crippen molar-refractivity contribution in [3.8, 4) is 5.75 Å². The second kappa shape index (κ2) is 7.87. The number of nitrogens with one attached hydrogen (secondary N) is 1. The second-order valence-electron chi connectivity index (χ2n) is 4.89. The molecule has 0 aliphatic heterocycles. The highest BCUT2D eigenvalue weighted by molar-refractivity contribution is 9.10. The minimum Gasteiger partial charge on any atom is -0.496 e. The van der Waals surface area contributed by atoms with Gasteiger partial charge in [0.15, 0.2) is 0 Å². The van der Waals surface area contributed by atoms with E-state index in [1.165, 1.54) is 22.0 Å². The molecule has 6 heteroatoms. The molecule has 0 radical (unpaired) electrons. The Morgan fingerprint density at radius 1 is 1.43 bits per heavy atom. The molecular formula is C15H20BrN3OS. The summed E-state index contributed by atoms with van der Waals surface area (Å²) in [5, 5.41) is 7.73. The summed E-state index contributed by atoms with van der Waals surface area (Å²) in [7, 11) is 1.71. The molecule has 2 rings (SSSR count). The first kappa shape index (κ1) is 16.4. The normalized spacial score (nSPS) is 12.4. The molecule has 4 nitrogen and oxygen atoms in total. The van der Waals surface area contributed by atoms with Crippen LogP contribution in [-0.4, -0.2) is 23.2 Å². The average Bonchev–Trinajstić information content (AvgIpc) is 2.90. The summed E-state index contributed by atoms with van der Waals surface area (Å²) in [6.07, 6.45) is 1.95. The standard InChI is InChI=1S/C15H20BrN3OS/c1-4-7-17-13(15-10(2)18-19-21-15)9-11-8-12(16)5-6-14(11)20-3/h5-6,8,13,17H,4,7,9H2,1-3H3. The molecule has 0 fully saturated rings. The smallest absolute Gasteiger partial charge is 0.122 e. The van der Waals surface area contributed by atoms with Crippen LogP contribution in [0.15, 0.2) is 22.7 Å². The van der Waals surface area contributed by atoms with Gasteiger partial charge in [-0.05, 0) is 61.6 Å². The van der Waals surface area contributed by atoms with Crippen molar-refractivity contribution < 1.29 is 4.74 Å². The summed E-state index contributed by atoms with van der Waals surface area (Å²) in [5.74, 6) is 0.914. The lowest BCUT2D eigenvalue weighted by molar-refractivity contribution is 0.405. The fraction of sp³-hybridized carbons (Fsp3) is 0.467. The van der Waals surface area contributed by atoms with Crippen molar-refractivity contribution in [2.75, 3.05) is 13.7 Å². The van der Waals surface area contributed by atoms with Crippen LogP contribution in [0.2, 0.25) is 0 Å². The number of hydrogen-bond donors (Lipinski definition) is 1. The third-order valence-corrected chi connectivity index (χ3v) is 4.74. The Labute approximate surface area is 138 Å². The summed E-state index contributed by atoms with van der Waals surface area (Å²) in [5.41, 5.74) is 2.18. The lowest BCUT2D eigenvalue weighted by Crippen LogP contribution is -2.24. The number of aromatic nitrogens is 2. The van der Waals surface area contributed by atoms with Crippen LogP contribution in [0.3, 0.4) is 0 Å². The van der Waals surface area contributed by atoms with E-state index in [9.17, 15) is 0 Å². The monoisotopic (exact) mass is 369 g/mol. The first-order valence-electron chi connectivity index (χ1n) is 7.00. The summed E-state index contributed by atoms with van der Waals surface area (Å²) >= 11 is 5.00. The maximum Gasteiger partial charge on any atom is 0.122 e. The molecule has 1 heterocycles. The number of hydrogen-bond acceptors (Lipinski definition) is 5. The fourth-order valence-corrected chi connectivity index (χ4v) is 3.39. The second-order valence-corrected chi connectivity index (χ2v) is 6.59. The molecule has 2 aromatic rings. The van der Waals surface area contributed by atoms with Crippen molar-refractivity contribution in [2.45, 2.75) is 32.7 Å². The predicted molar refractivity (Wildman–Crippen MR) is 90.1 cm³/mol. The van der Waals surface area contributed by atoms with E-state index < -0.39 is 0 Å². The predicted octanol–water partition coefficient (Wildman–Crippen LogP) is 3.90. The van der Waals surface area contributed by atoms with Crippen molar-refractivity contribution in [1.82, 2.24) is 14.9 Å². The lowest BCUT2D eigenvalue weighted by atomic mass is 10.0. The molecule has 1 aromatic carbocycles.